The molecule has 0 spiro atoms. The monoisotopic (exact) mass is 277 g/mol. The number of likely N-dealkylation sites (tertiary alicyclic amines) is 1. The summed E-state index contributed by atoms with van der Waals surface area (Å²) in [5.41, 5.74) is 0.299. The SMILES string of the molecule is CC(C)(C)OC(=O)N1CCC[C@H]1C(=O)C1=CCC=CC1. The number of Topliss-reactive ketones (excluding diaryl/α,β-unsaturated/α-hetero) is 1. The van der Waals surface area contributed by atoms with Crippen LogP contribution in [0.2, 0.25) is 0 Å². The second-order valence-electron chi connectivity index (χ2n) is 6.34. The van der Waals surface area contributed by atoms with Crippen LogP contribution >= 0.6 is 0 Å². The second kappa shape index (κ2) is 5.81. The molecule has 4 nitrogen and oxygen atoms in total. The maximum absolute atomic E-state index is 12.5. The summed E-state index contributed by atoms with van der Waals surface area (Å²) >= 11 is 0. The molecule has 0 N–H and O–H groups in total. The first-order valence-electron chi connectivity index (χ1n) is 7.26. The number of carbonyl (C=O) groups is 2. The van der Waals surface area contributed by atoms with Gasteiger partial charge in [-0.05, 0) is 52.0 Å². The van der Waals surface area contributed by atoms with Crippen molar-refractivity contribution in [3.05, 3.63) is 23.8 Å². The Morgan fingerprint density at radius 1 is 1.30 bits per heavy atom. The normalized spacial score (nSPS) is 22.6. The minimum atomic E-state index is -0.528. The van der Waals surface area contributed by atoms with Gasteiger partial charge in [-0.1, -0.05) is 18.2 Å². The lowest BCUT2D eigenvalue weighted by Crippen LogP contribution is -2.43. The molecule has 1 aliphatic carbocycles. The highest BCUT2D eigenvalue weighted by atomic mass is 16.6. The van der Waals surface area contributed by atoms with E-state index in [2.05, 4.69) is 6.08 Å². The van der Waals surface area contributed by atoms with Crippen LogP contribution in [-0.2, 0) is 9.53 Å². The number of rotatable bonds is 2. The molecule has 20 heavy (non-hydrogen) atoms. The van der Waals surface area contributed by atoms with Crippen molar-refractivity contribution < 1.29 is 14.3 Å². The number of ketones is 1. The lowest BCUT2D eigenvalue weighted by molar-refractivity contribution is -0.119. The average Bonchev–Trinajstić information content (AvgIpc) is 2.86. The third-order valence-electron chi connectivity index (χ3n) is 3.50. The van der Waals surface area contributed by atoms with Gasteiger partial charge in [-0.15, -0.1) is 0 Å². The summed E-state index contributed by atoms with van der Waals surface area (Å²) in [6.07, 6.45) is 8.74. The second-order valence-corrected chi connectivity index (χ2v) is 6.34. The van der Waals surface area contributed by atoms with Gasteiger partial charge in [-0.3, -0.25) is 9.69 Å². The van der Waals surface area contributed by atoms with E-state index < -0.39 is 5.60 Å². The Balaban J connectivity index is 2.05. The first-order valence-corrected chi connectivity index (χ1v) is 7.26. The Hall–Kier alpha value is -1.58. The Morgan fingerprint density at radius 2 is 2.05 bits per heavy atom. The molecule has 2 aliphatic rings. The predicted octanol–water partition coefficient (Wildman–Crippen LogP) is 3.23. The van der Waals surface area contributed by atoms with E-state index >= 15 is 0 Å². The van der Waals surface area contributed by atoms with Crippen molar-refractivity contribution >= 4 is 11.9 Å². The molecule has 0 radical (unpaired) electrons. The third-order valence-corrected chi connectivity index (χ3v) is 3.50. The molecular formula is C16H23NO3. The van der Waals surface area contributed by atoms with E-state index in [1.807, 2.05) is 32.9 Å². The fraction of sp³-hybridized carbons (Fsp3) is 0.625. The highest BCUT2D eigenvalue weighted by Gasteiger charge is 2.37. The van der Waals surface area contributed by atoms with Crippen molar-refractivity contribution in [1.29, 1.82) is 0 Å². The molecule has 0 bridgehead atoms. The largest absolute Gasteiger partial charge is 0.444 e. The molecule has 1 fully saturated rings. The average molecular weight is 277 g/mol. The maximum atomic E-state index is 12.5. The zero-order valence-corrected chi connectivity index (χ0v) is 12.5. The molecule has 1 saturated heterocycles. The molecule has 0 saturated carbocycles. The van der Waals surface area contributed by atoms with Crippen LogP contribution < -0.4 is 0 Å². The quantitative estimate of drug-likeness (QED) is 0.728. The van der Waals surface area contributed by atoms with Crippen molar-refractivity contribution in [3.8, 4) is 0 Å². The highest BCUT2D eigenvalue weighted by Crippen LogP contribution is 2.25. The van der Waals surface area contributed by atoms with Crippen LogP contribution in [0.1, 0.15) is 46.5 Å². The van der Waals surface area contributed by atoms with E-state index in [4.69, 9.17) is 4.74 Å². The number of amides is 1. The zero-order valence-electron chi connectivity index (χ0n) is 12.5. The molecule has 2 rings (SSSR count). The summed E-state index contributed by atoms with van der Waals surface area (Å²) in [5, 5.41) is 0. The van der Waals surface area contributed by atoms with Crippen LogP contribution in [-0.4, -0.2) is 35.0 Å². The van der Waals surface area contributed by atoms with Crippen LogP contribution in [0.5, 0.6) is 0 Å². The molecule has 1 heterocycles. The first kappa shape index (κ1) is 14.8. The maximum Gasteiger partial charge on any atom is 0.410 e. The van der Waals surface area contributed by atoms with Gasteiger partial charge in [0.15, 0.2) is 5.78 Å². The third kappa shape index (κ3) is 3.50. The van der Waals surface area contributed by atoms with Crippen LogP contribution in [0.25, 0.3) is 0 Å². The number of hydrogen-bond acceptors (Lipinski definition) is 3. The number of nitrogens with zero attached hydrogens (tertiary/aromatic N) is 1. The van der Waals surface area contributed by atoms with E-state index in [1.54, 1.807) is 4.90 Å². The van der Waals surface area contributed by atoms with Crippen LogP contribution in [0.4, 0.5) is 4.79 Å². The molecule has 110 valence electrons. The van der Waals surface area contributed by atoms with Crippen LogP contribution in [0, 0.1) is 0 Å². The van der Waals surface area contributed by atoms with Crippen molar-refractivity contribution in [2.24, 2.45) is 0 Å². The molecule has 0 aromatic rings. The van der Waals surface area contributed by atoms with E-state index in [1.165, 1.54) is 0 Å². The number of ether oxygens (including phenoxy) is 1. The van der Waals surface area contributed by atoms with E-state index in [-0.39, 0.29) is 17.9 Å². The standard InChI is InChI=1S/C16H23NO3/c1-16(2,3)20-15(19)17-11-7-10-13(17)14(18)12-8-5-4-6-9-12/h4-5,9,13H,6-8,10-11H2,1-3H3/t13-/m0/s1. The summed E-state index contributed by atoms with van der Waals surface area (Å²) < 4.78 is 5.39. The van der Waals surface area contributed by atoms with Gasteiger partial charge in [0.2, 0.25) is 0 Å². The zero-order chi connectivity index (χ0) is 14.8. The van der Waals surface area contributed by atoms with Gasteiger partial charge in [0.05, 0.1) is 6.04 Å². The first-order chi connectivity index (χ1) is 9.38. The summed E-state index contributed by atoms with van der Waals surface area (Å²) in [7, 11) is 0. The van der Waals surface area contributed by atoms with E-state index in [9.17, 15) is 9.59 Å². The molecular weight excluding hydrogens is 254 g/mol. The molecule has 1 atom stereocenters. The fourth-order valence-electron chi connectivity index (χ4n) is 2.59. The number of hydrogen-bond donors (Lipinski definition) is 0. The Labute approximate surface area is 120 Å². The van der Waals surface area contributed by atoms with Gasteiger partial charge in [0.25, 0.3) is 0 Å². The number of allylic oxidation sites excluding steroid dienone is 3. The van der Waals surface area contributed by atoms with E-state index in [0.717, 1.165) is 24.8 Å². The van der Waals surface area contributed by atoms with Crippen molar-refractivity contribution in [2.45, 2.75) is 58.1 Å². The predicted molar refractivity (Wildman–Crippen MR) is 77.4 cm³/mol. The molecule has 1 aliphatic heterocycles. The lowest BCUT2D eigenvalue weighted by atomic mass is 9.96. The summed E-state index contributed by atoms with van der Waals surface area (Å²) in [6, 6.07) is -0.345. The molecule has 0 unspecified atom stereocenters. The van der Waals surface area contributed by atoms with Gasteiger partial charge in [0, 0.05) is 6.54 Å². The Kier molecular flexibility index (Phi) is 4.31. The van der Waals surface area contributed by atoms with Crippen LogP contribution in [0.3, 0.4) is 0 Å². The van der Waals surface area contributed by atoms with Gasteiger partial charge in [-0.25, -0.2) is 4.79 Å². The summed E-state index contributed by atoms with van der Waals surface area (Å²) in [4.78, 5) is 26.3. The minimum absolute atomic E-state index is 0.0812. The molecule has 4 heteroatoms. The highest BCUT2D eigenvalue weighted by molar-refractivity contribution is 6.01. The van der Waals surface area contributed by atoms with Gasteiger partial charge < -0.3 is 4.74 Å². The van der Waals surface area contributed by atoms with Crippen LogP contribution in [0.15, 0.2) is 23.8 Å². The lowest BCUT2D eigenvalue weighted by Gasteiger charge is -2.28. The van der Waals surface area contributed by atoms with Crippen molar-refractivity contribution in [3.63, 3.8) is 0 Å². The van der Waals surface area contributed by atoms with Gasteiger partial charge >= 0.3 is 6.09 Å². The molecule has 1 amide bonds. The topological polar surface area (TPSA) is 46.6 Å². The van der Waals surface area contributed by atoms with E-state index in [0.29, 0.717) is 13.0 Å². The van der Waals surface area contributed by atoms with Gasteiger partial charge in [0.1, 0.15) is 5.60 Å². The Morgan fingerprint density at radius 3 is 2.65 bits per heavy atom. The summed E-state index contributed by atoms with van der Waals surface area (Å²) in [5.74, 6) is 0.0812. The minimum Gasteiger partial charge on any atom is -0.444 e. The van der Waals surface area contributed by atoms with Crippen molar-refractivity contribution in [2.75, 3.05) is 6.54 Å². The Bertz CT molecular complexity index is 457. The van der Waals surface area contributed by atoms with Gasteiger partial charge in [-0.2, -0.15) is 0 Å². The summed E-state index contributed by atoms with van der Waals surface area (Å²) in [6.45, 7) is 6.12. The fourth-order valence-corrected chi connectivity index (χ4v) is 2.59. The molecule has 0 aromatic heterocycles. The van der Waals surface area contributed by atoms with Crippen molar-refractivity contribution in [1.82, 2.24) is 4.90 Å². The molecule has 0 aromatic carbocycles. The smallest absolute Gasteiger partial charge is 0.410 e. The number of carbonyl (C=O) groups excluding carboxylic acids is 2.